The molecule has 0 aromatic heterocycles. The number of hydrazone groups is 1. The minimum Gasteiger partial charge on any atom is -0.507 e. The van der Waals surface area contributed by atoms with E-state index in [4.69, 9.17) is 11.6 Å². The first-order chi connectivity index (χ1) is 13.5. The van der Waals surface area contributed by atoms with Crippen molar-refractivity contribution in [3.05, 3.63) is 63.7 Å². The number of carbonyl (C=O) groups excluding carboxylic acids is 2. The number of halogens is 1. The van der Waals surface area contributed by atoms with E-state index in [-0.39, 0.29) is 11.7 Å². The third-order valence-electron chi connectivity index (χ3n) is 4.85. The molecule has 0 aliphatic heterocycles. The Bertz CT molecular complexity index is 952. The summed E-state index contributed by atoms with van der Waals surface area (Å²) in [7, 11) is 0. The first-order valence-corrected chi connectivity index (χ1v) is 9.61. The SMILES string of the molecule is CCN(CC)C(=O)c1cccc(C(=O)N/N=C2\CCc3c(Cl)ccc(O)c32)c1. The third-order valence-corrected chi connectivity index (χ3v) is 5.20. The maximum absolute atomic E-state index is 12.5. The molecule has 0 atom stereocenters. The molecule has 2 aromatic rings. The fourth-order valence-electron chi connectivity index (χ4n) is 3.33. The second-order valence-corrected chi connectivity index (χ2v) is 6.88. The van der Waals surface area contributed by atoms with Gasteiger partial charge in [0.15, 0.2) is 0 Å². The number of hydrogen-bond acceptors (Lipinski definition) is 4. The molecular formula is C21H22ClN3O3. The number of hydrogen-bond donors (Lipinski definition) is 2. The fourth-order valence-corrected chi connectivity index (χ4v) is 3.58. The number of phenolic OH excluding ortho intramolecular Hbond substituents is 1. The number of fused-ring (bicyclic) bond motifs is 1. The van der Waals surface area contributed by atoms with Crippen molar-refractivity contribution in [2.24, 2.45) is 5.10 Å². The highest BCUT2D eigenvalue weighted by Crippen LogP contribution is 2.35. The van der Waals surface area contributed by atoms with E-state index in [2.05, 4.69) is 10.5 Å². The fraction of sp³-hybridized carbons (Fsp3) is 0.286. The normalized spacial score (nSPS) is 14.0. The summed E-state index contributed by atoms with van der Waals surface area (Å²) in [4.78, 5) is 26.7. The Labute approximate surface area is 168 Å². The quantitative estimate of drug-likeness (QED) is 0.753. The van der Waals surface area contributed by atoms with Crippen LogP contribution < -0.4 is 5.43 Å². The number of phenols is 1. The second-order valence-electron chi connectivity index (χ2n) is 6.48. The number of nitrogens with one attached hydrogen (secondary N) is 1. The van der Waals surface area contributed by atoms with Crippen LogP contribution in [0.4, 0.5) is 0 Å². The van der Waals surface area contributed by atoms with Crippen LogP contribution in [-0.2, 0) is 6.42 Å². The van der Waals surface area contributed by atoms with E-state index in [0.717, 1.165) is 5.56 Å². The largest absolute Gasteiger partial charge is 0.507 e. The molecule has 0 saturated carbocycles. The van der Waals surface area contributed by atoms with Crippen molar-refractivity contribution in [2.45, 2.75) is 26.7 Å². The van der Waals surface area contributed by atoms with Crippen LogP contribution in [0, 0.1) is 0 Å². The molecule has 0 unspecified atom stereocenters. The number of benzene rings is 2. The average molecular weight is 400 g/mol. The number of nitrogens with zero attached hydrogens (tertiary/aromatic N) is 2. The molecule has 2 aromatic carbocycles. The predicted octanol–water partition coefficient (Wildman–Crippen LogP) is 3.61. The summed E-state index contributed by atoms with van der Waals surface area (Å²) in [6, 6.07) is 9.73. The van der Waals surface area contributed by atoms with E-state index in [1.54, 1.807) is 35.2 Å². The van der Waals surface area contributed by atoms with Gasteiger partial charge in [-0.1, -0.05) is 17.7 Å². The molecule has 0 radical (unpaired) electrons. The van der Waals surface area contributed by atoms with Crippen LogP contribution in [0.5, 0.6) is 5.75 Å². The molecular weight excluding hydrogens is 378 g/mol. The highest BCUT2D eigenvalue weighted by Gasteiger charge is 2.24. The molecule has 6 nitrogen and oxygen atoms in total. The van der Waals surface area contributed by atoms with Gasteiger partial charge in [-0.05, 0) is 62.6 Å². The Kier molecular flexibility index (Phi) is 5.99. The van der Waals surface area contributed by atoms with E-state index >= 15 is 0 Å². The van der Waals surface area contributed by atoms with Crippen molar-refractivity contribution in [1.82, 2.24) is 10.3 Å². The van der Waals surface area contributed by atoms with Gasteiger partial charge in [0.05, 0.1) is 5.71 Å². The highest BCUT2D eigenvalue weighted by atomic mass is 35.5. The molecule has 2 N–H and O–H groups in total. The minimum atomic E-state index is -0.420. The lowest BCUT2D eigenvalue weighted by Gasteiger charge is -2.18. The third kappa shape index (κ3) is 3.87. The van der Waals surface area contributed by atoms with Crippen molar-refractivity contribution in [3.8, 4) is 5.75 Å². The zero-order valence-electron chi connectivity index (χ0n) is 15.8. The molecule has 7 heteroatoms. The summed E-state index contributed by atoms with van der Waals surface area (Å²) in [5, 5.41) is 14.9. The van der Waals surface area contributed by atoms with Crippen LogP contribution in [0.1, 0.15) is 52.1 Å². The predicted molar refractivity (Wildman–Crippen MR) is 109 cm³/mol. The topological polar surface area (TPSA) is 82.0 Å². The van der Waals surface area contributed by atoms with Gasteiger partial charge in [0.25, 0.3) is 11.8 Å². The summed E-state index contributed by atoms with van der Waals surface area (Å²) >= 11 is 6.17. The number of rotatable bonds is 5. The molecule has 3 rings (SSSR count). The Morgan fingerprint density at radius 1 is 1.14 bits per heavy atom. The van der Waals surface area contributed by atoms with Gasteiger partial charge in [-0.3, -0.25) is 9.59 Å². The maximum Gasteiger partial charge on any atom is 0.271 e. The Balaban J connectivity index is 1.79. The van der Waals surface area contributed by atoms with Crippen LogP contribution in [0.15, 0.2) is 41.5 Å². The lowest BCUT2D eigenvalue weighted by Crippen LogP contribution is -2.30. The van der Waals surface area contributed by atoms with Crippen LogP contribution in [-0.4, -0.2) is 40.6 Å². The summed E-state index contributed by atoms with van der Waals surface area (Å²) in [6.45, 7) is 5.03. The van der Waals surface area contributed by atoms with Crippen molar-refractivity contribution in [3.63, 3.8) is 0 Å². The first-order valence-electron chi connectivity index (χ1n) is 9.23. The highest BCUT2D eigenvalue weighted by molar-refractivity contribution is 6.32. The minimum absolute atomic E-state index is 0.0942. The van der Waals surface area contributed by atoms with Crippen molar-refractivity contribution in [2.75, 3.05) is 13.1 Å². The summed E-state index contributed by atoms with van der Waals surface area (Å²) in [5.41, 5.74) is 5.32. The Morgan fingerprint density at radius 3 is 2.57 bits per heavy atom. The van der Waals surface area contributed by atoms with Gasteiger partial charge in [-0.15, -0.1) is 0 Å². The molecule has 0 spiro atoms. The molecule has 146 valence electrons. The zero-order chi connectivity index (χ0) is 20.3. The van der Waals surface area contributed by atoms with Gasteiger partial charge in [0.2, 0.25) is 0 Å². The van der Waals surface area contributed by atoms with Crippen LogP contribution in [0.25, 0.3) is 0 Å². The van der Waals surface area contributed by atoms with Crippen molar-refractivity contribution < 1.29 is 14.7 Å². The van der Waals surface area contributed by atoms with Gasteiger partial charge in [-0.2, -0.15) is 5.10 Å². The molecule has 0 heterocycles. The van der Waals surface area contributed by atoms with Crippen LogP contribution in [0.3, 0.4) is 0 Å². The summed E-state index contributed by atoms with van der Waals surface area (Å²) in [6.07, 6.45) is 1.23. The molecule has 2 amide bonds. The van der Waals surface area contributed by atoms with E-state index in [0.29, 0.717) is 53.4 Å². The molecule has 28 heavy (non-hydrogen) atoms. The molecule has 0 saturated heterocycles. The van der Waals surface area contributed by atoms with Crippen molar-refractivity contribution in [1.29, 1.82) is 0 Å². The second kappa shape index (κ2) is 8.44. The number of aromatic hydroxyl groups is 1. The van der Waals surface area contributed by atoms with E-state index < -0.39 is 5.91 Å². The Morgan fingerprint density at radius 2 is 1.86 bits per heavy atom. The molecule has 1 aliphatic carbocycles. The van der Waals surface area contributed by atoms with Gasteiger partial charge >= 0.3 is 0 Å². The molecule has 1 aliphatic rings. The first kappa shape index (κ1) is 19.9. The van der Waals surface area contributed by atoms with Gasteiger partial charge in [0, 0.05) is 34.8 Å². The van der Waals surface area contributed by atoms with E-state index in [9.17, 15) is 14.7 Å². The standard InChI is InChI=1S/C21H22ClN3O3/c1-3-25(4-2)21(28)14-7-5-6-13(12-14)20(27)24-23-17-10-8-15-16(22)9-11-18(26)19(15)17/h5-7,9,11-12,26H,3-4,8,10H2,1-2H3,(H,24,27)/b23-17+. The molecule has 0 bridgehead atoms. The number of carbonyl (C=O) groups is 2. The smallest absolute Gasteiger partial charge is 0.271 e. The van der Waals surface area contributed by atoms with E-state index in [1.807, 2.05) is 13.8 Å². The van der Waals surface area contributed by atoms with Gasteiger partial charge in [-0.25, -0.2) is 5.43 Å². The van der Waals surface area contributed by atoms with Crippen molar-refractivity contribution >= 4 is 29.1 Å². The van der Waals surface area contributed by atoms with Gasteiger partial charge < -0.3 is 10.0 Å². The lowest BCUT2D eigenvalue weighted by atomic mass is 10.1. The van der Waals surface area contributed by atoms with Crippen LogP contribution >= 0.6 is 11.6 Å². The Hall–Kier alpha value is -2.86. The summed E-state index contributed by atoms with van der Waals surface area (Å²) in [5.74, 6) is -0.441. The maximum atomic E-state index is 12.5. The number of amides is 2. The zero-order valence-corrected chi connectivity index (χ0v) is 16.6. The lowest BCUT2D eigenvalue weighted by molar-refractivity contribution is 0.0773. The average Bonchev–Trinajstić information content (AvgIpc) is 3.15. The monoisotopic (exact) mass is 399 g/mol. The molecule has 0 fully saturated rings. The summed E-state index contributed by atoms with van der Waals surface area (Å²) < 4.78 is 0. The van der Waals surface area contributed by atoms with Crippen LogP contribution in [0.2, 0.25) is 5.02 Å². The van der Waals surface area contributed by atoms with E-state index in [1.165, 1.54) is 6.07 Å². The van der Waals surface area contributed by atoms with Gasteiger partial charge in [0.1, 0.15) is 5.75 Å².